The number of H-pyrrole nitrogens is 5. The minimum atomic E-state index is -4.98. The van der Waals surface area contributed by atoms with Crippen LogP contribution in [0.25, 0.3) is 22.3 Å². The molecule has 8 aromatic rings. The van der Waals surface area contributed by atoms with E-state index in [2.05, 4.69) is 49.8 Å². The van der Waals surface area contributed by atoms with E-state index in [9.17, 15) is 77.6 Å². The number of aliphatic hydroxyl groups is 1. The van der Waals surface area contributed by atoms with Crippen LogP contribution in [0.2, 0.25) is 0 Å². The zero-order chi connectivity index (χ0) is 96.3. The number of fused-ring (bicyclic) bond motifs is 8. The van der Waals surface area contributed by atoms with Crippen molar-refractivity contribution in [3.8, 4) is 0 Å². The second-order valence-electron chi connectivity index (χ2n) is 32.6. The summed E-state index contributed by atoms with van der Waals surface area (Å²) >= 11 is 33.7. The number of ether oxygens (including phenoxy) is 9. The first-order chi connectivity index (χ1) is 62.9. The highest BCUT2D eigenvalue weighted by Crippen LogP contribution is 2.64. The molecule has 9 saturated heterocycles. The van der Waals surface area contributed by atoms with Gasteiger partial charge in [-0.25, -0.2) is 39.1 Å². The molecule has 17 heterocycles. The molecule has 0 aromatic carbocycles. The third kappa shape index (κ3) is 19.1. The topological polar surface area (TPSA) is 714 Å². The fourth-order valence-electron chi connectivity index (χ4n) is 17.4. The van der Waals surface area contributed by atoms with Gasteiger partial charge in [-0.15, -0.1) is 0 Å². The summed E-state index contributed by atoms with van der Waals surface area (Å²) in [7, 11) is 1.13. The quantitative estimate of drug-likeness (QED) is 0.0190. The molecular formula is C67H86N18O37P6S6. The molecular weight excluding hydrogens is 2030 g/mol. The molecule has 9 fully saturated rings. The number of anilines is 2. The van der Waals surface area contributed by atoms with Crippen LogP contribution in [-0.2, 0) is 168 Å². The first kappa shape index (κ1) is 99.6. The Hall–Kier alpha value is -6.00. The summed E-state index contributed by atoms with van der Waals surface area (Å²) < 4.78 is 137. The van der Waals surface area contributed by atoms with Gasteiger partial charge in [-0.1, -0.05) is 0 Å². The van der Waals surface area contributed by atoms with E-state index >= 15 is 0 Å². The molecule has 0 amide bonds. The number of aryl methyl sites for hydroxylation is 4. The number of imidazole rings is 2. The van der Waals surface area contributed by atoms with Crippen molar-refractivity contribution in [1.29, 1.82) is 0 Å². The Morgan fingerprint density at radius 1 is 0.425 bits per heavy atom. The van der Waals surface area contributed by atoms with Gasteiger partial charge in [0.1, 0.15) is 102 Å². The number of nitrogens with two attached hydrogens (primary N) is 2. The summed E-state index contributed by atoms with van der Waals surface area (Å²) in [5.74, 6) is -0.282. The average molecular weight is 2110 g/mol. The van der Waals surface area contributed by atoms with Gasteiger partial charge in [0.05, 0.1) is 88.9 Å². The van der Waals surface area contributed by atoms with Crippen LogP contribution in [0.5, 0.6) is 0 Å². The Kier molecular flexibility index (Phi) is 27.6. The molecule has 0 aliphatic carbocycles. The van der Waals surface area contributed by atoms with Crippen LogP contribution in [0.4, 0.5) is 11.8 Å². The first-order valence-electron chi connectivity index (χ1n) is 40.3. The lowest BCUT2D eigenvalue weighted by molar-refractivity contribution is -0.219. The Bertz CT molecular complexity index is 6890. The molecule has 732 valence electrons. The van der Waals surface area contributed by atoms with Crippen LogP contribution in [0.15, 0.2) is 86.9 Å². The monoisotopic (exact) mass is 2110 g/mol. The number of nitrogen functional groups attached to an aromatic ring is 2. The summed E-state index contributed by atoms with van der Waals surface area (Å²) in [5, 5.41) is 11.0. The standard InChI is InChI=1S/C67H86N18O37P6S6/c1-25-12-80(61(92)76-52(25)87)38-9-33(118-124(97,130)103-16-35-32(117-123(96,129)102-8)11-40(113-35)84-23-72-41-49(68)70-22-71-50(41)84)36(111-38)17-104-125(98,131)119-34-10-39(81-13-26(2)53(88)77-62(81)93)112-37(34)18-105-126(99,132)121-47-44-58(83-15-28(4)55(90)79-64(83)95)115-66(47,30(6)109-44)20-107-128(101,134)122-48-45-59(85-24-73-42-51(85)74-60(69)75-56(42)91)116-67(48,31(7)110-45)21-106-127(100,133)120-46-43-57(114-65(46,19-86)29(5)108-43)82-14-27(3)54(89)78-63(82)94/h12-15,22-24,29-40,43-48,57-59,86H,9-11,16-21H2,1-8H3,(H,96,129)(H,97,130)(H,98,131)(H,99,132)(H,100,133)(H,101,134)(H2,68,70,71)(H,76,87,92)(H,77,88,93)(H,78,89,94)(H,79,90,95)(H3,69,74,75,91)/t29-,30-,31-,32?,33?,34?,35+,36+,37+,38+,39+,40+,43-,44-,45-,46?,47?,48?,57+,58+,59+,65-,66-,67-,123?,124?,125?,126?,127?,128?/m0/s1. The minimum Gasteiger partial charge on any atom is -0.393 e. The maximum atomic E-state index is 13.9. The van der Waals surface area contributed by atoms with Gasteiger partial charge in [0.2, 0.25) is 5.95 Å². The van der Waals surface area contributed by atoms with Crippen LogP contribution in [0.3, 0.4) is 0 Å². The second kappa shape index (κ2) is 37.1. The molecule has 9 aliphatic rings. The molecule has 134 heavy (non-hydrogen) atoms. The normalized spacial score (nSPS) is 34.2. The van der Waals surface area contributed by atoms with Crippen molar-refractivity contribution in [2.45, 2.75) is 213 Å². The van der Waals surface area contributed by atoms with Crippen molar-refractivity contribution in [2.75, 3.05) is 58.2 Å². The first-order valence-corrected chi connectivity index (χ1v) is 55.8. The molecule has 67 heteroatoms. The molecule has 0 spiro atoms. The van der Waals surface area contributed by atoms with Gasteiger partial charge in [-0.05, 0) is 119 Å². The van der Waals surface area contributed by atoms with E-state index in [0.29, 0.717) is 0 Å². The molecule has 55 nitrogen and oxygen atoms in total. The van der Waals surface area contributed by atoms with Crippen LogP contribution < -0.4 is 62.0 Å². The fourth-order valence-corrected chi connectivity index (χ4v) is 25.7. The summed E-state index contributed by atoms with van der Waals surface area (Å²) in [6.45, 7) is -22.8. The third-order valence-corrected chi connectivity index (χ3v) is 33.7. The summed E-state index contributed by atoms with van der Waals surface area (Å²) in [6, 6.07) is 0. The van der Waals surface area contributed by atoms with Gasteiger partial charge < -0.3 is 129 Å². The SMILES string of the molecule is COP(O)(=S)OC1C[C@H](n2cnc3c(N)ncnc32)O[C@@H]1COP(O)(=S)OC1C[C@H](n2cc(C)c(=O)[nH]c2=O)O[C@@H]1COP(O)(=S)OC1C[C@H](n2cc(C)c(=O)[nH]c2=O)O[C@@H]1COP(O)(=S)OC1[C@@H]2O[C@@H](C)[C@]1(COP(O)(=S)OC1[C@@H]3O[C@@H](C)[C@]1(COP(O)(=S)OC1[C@@H]4O[C@@H](C)[C@]1(CO)O[C@H]4n1cc(C)c(=O)[nH]c1=O)O[C@H]3n1cnc3c(=O)[nH]c(N)nc31)O[C@H]2n1cc(C)c(=O)[nH]c1=O. The minimum absolute atomic E-state index is 0.0130. The van der Waals surface area contributed by atoms with Crippen molar-refractivity contribution in [3.63, 3.8) is 0 Å². The number of rotatable bonds is 35. The lowest BCUT2D eigenvalue weighted by Gasteiger charge is -2.38. The number of aromatic amines is 5. The van der Waals surface area contributed by atoms with E-state index in [1.807, 2.05) is 0 Å². The highest BCUT2D eigenvalue weighted by molar-refractivity contribution is 8.08. The number of aromatic nitrogens is 16. The number of nitrogens with one attached hydrogen (secondary N) is 5. The van der Waals surface area contributed by atoms with E-state index in [4.69, 9.17) is 179 Å². The van der Waals surface area contributed by atoms with E-state index in [1.165, 1.54) is 82.6 Å². The van der Waals surface area contributed by atoms with Crippen LogP contribution in [0.1, 0.15) is 99.7 Å². The lowest BCUT2D eigenvalue weighted by Crippen LogP contribution is -2.52. The number of hydrogen-bond acceptors (Lipinski definition) is 44. The summed E-state index contributed by atoms with van der Waals surface area (Å²) in [6.07, 6.45) is -21.6. The lowest BCUT2D eigenvalue weighted by atomic mass is 9.94. The maximum Gasteiger partial charge on any atom is 0.330 e. The zero-order valence-corrected chi connectivity index (χ0v) is 80.9. The highest BCUT2D eigenvalue weighted by atomic mass is 32.5. The molecule has 8 aromatic heterocycles. The van der Waals surface area contributed by atoms with Gasteiger partial charge in [-0.3, -0.25) is 89.9 Å². The molecule has 17 rings (SSSR count). The van der Waals surface area contributed by atoms with Crippen LogP contribution >= 0.6 is 40.3 Å². The van der Waals surface area contributed by atoms with E-state index in [1.54, 1.807) is 0 Å². The second-order valence-corrected chi connectivity index (χ2v) is 49.4. The maximum absolute atomic E-state index is 13.9. The predicted molar refractivity (Wildman–Crippen MR) is 476 cm³/mol. The molecule has 12 unspecified atom stereocenters. The van der Waals surface area contributed by atoms with Crippen LogP contribution in [-0.4, -0.2) is 267 Å². The van der Waals surface area contributed by atoms with Crippen molar-refractivity contribution in [1.82, 2.24) is 77.2 Å². The van der Waals surface area contributed by atoms with E-state index < -0.39 is 283 Å². The summed E-state index contributed by atoms with van der Waals surface area (Å²) in [4.78, 5) is 223. The zero-order valence-electron chi connectivity index (χ0n) is 70.6. The van der Waals surface area contributed by atoms with Gasteiger partial charge >= 0.3 is 63.1 Å². The van der Waals surface area contributed by atoms with E-state index in [-0.39, 0.29) is 69.2 Å². The largest absolute Gasteiger partial charge is 0.393 e. The Labute approximate surface area is 780 Å². The van der Waals surface area contributed by atoms with Gasteiger partial charge in [-0.2, -0.15) is 4.98 Å². The number of nitrogens with zero attached hydrogens (tertiary/aromatic N) is 11. The van der Waals surface area contributed by atoms with E-state index in [0.717, 1.165) is 44.1 Å². The number of aliphatic hydroxyl groups excluding tert-OH is 1. The Morgan fingerprint density at radius 2 is 0.769 bits per heavy atom. The Balaban J connectivity index is 0.618. The van der Waals surface area contributed by atoms with Crippen LogP contribution in [0, 0.1) is 27.7 Å². The Morgan fingerprint density at radius 3 is 1.19 bits per heavy atom. The molecule has 9 aliphatic heterocycles. The predicted octanol–water partition coefficient (Wildman–Crippen LogP) is -2.08. The molecule has 6 bridgehead atoms. The van der Waals surface area contributed by atoms with Crippen molar-refractivity contribution >= 4 is 145 Å². The molecule has 30 atom stereocenters. The fraction of sp³-hybridized carbons (Fsp3) is 0.612. The summed E-state index contributed by atoms with van der Waals surface area (Å²) in [5.41, 5.74) is -1.35. The number of hydrogen-bond donors (Lipinski definition) is 14. The van der Waals surface area contributed by atoms with Gasteiger partial charge in [0.25, 0.3) is 27.8 Å². The van der Waals surface area contributed by atoms with Crippen molar-refractivity contribution in [2.24, 2.45) is 0 Å². The molecule has 0 saturated carbocycles. The highest BCUT2D eigenvalue weighted by Gasteiger charge is 2.72. The molecule has 16 N–H and O–H groups in total. The third-order valence-electron chi connectivity index (χ3n) is 24.2. The average Bonchev–Trinajstić information content (AvgIpc) is 1.56. The smallest absolute Gasteiger partial charge is 0.330 e. The van der Waals surface area contributed by atoms with Crippen molar-refractivity contribution in [3.05, 3.63) is 160 Å². The van der Waals surface area contributed by atoms with Gasteiger partial charge in [0.15, 0.2) is 41.3 Å². The van der Waals surface area contributed by atoms with Gasteiger partial charge in [0, 0.05) is 73.4 Å². The molecule has 0 radical (unpaired) electrons. The van der Waals surface area contributed by atoms with Crippen molar-refractivity contribution < 1.29 is 131 Å².